The molecule has 35 heavy (non-hydrogen) atoms. The first kappa shape index (κ1) is 24.0. The van der Waals surface area contributed by atoms with Gasteiger partial charge in [0.05, 0.1) is 44.4 Å². The fourth-order valence-corrected chi connectivity index (χ4v) is 4.77. The third-order valence-corrected chi connectivity index (χ3v) is 6.51. The summed E-state index contributed by atoms with van der Waals surface area (Å²) in [7, 11) is 2.94. The van der Waals surface area contributed by atoms with Gasteiger partial charge in [0, 0.05) is 0 Å². The molecule has 1 aromatic carbocycles. The van der Waals surface area contributed by atoms with Crippen LogP contribution in [0.15, 0.2) is 52.3 Å². The SMILES string of the molecule is CCOC(=O)c1sc(N2C(=O)C(O)=C(C(=O)c3ccco3)C2c2ccc(OC)c(OC)c2)nc1C. The number of methoxy groups -OCH3 is 2. The average Bonchev–Trinajstić information content (AvgIpc) is 3.58. The highest BCUT2D eigenvalue weighted by atomic mass is 32.1. The number of thiazole rings is 1. The van der Waals surface area contributed by atoms with Gasteiger partial charge in [0.1, 0.15) is 4.88 Å². The van der Waals surface area contributed by atoms with E-state index in [9.17, 15) is 19.5 Å². The largest absolute Gasteiger partial charge is 0.503 e. The number of furan rings is 1. The third-order valence-electron chi connectivity index (χ3n) is 5.37. The maximum absolute atomic E-state index is 13.3. The highest BCUT2D eigenvalue weighted by Crippen LogP contribution is 2.45. The summed E-state index contributed by atoms with van der Waals surface area (Å²) in [5.41, 5.74) is 0.607. The van der Waals surface area contributed by atoms with E-state index >= 15 is 0 Å². The molecule has 1 atom stereocenters. The van der Waals surface area contributed by atoms with Crippen LogP contribution < -0.4 is 14.4 Å². The van der Waals surface area contributed by atoms with Crippen molar-refractivity contribution in [3.05, 3.63) is 69.8 Å². The van der Waals surface area contributed by atoms with E-state index < -0.39 is 29.5 Å². The number of aliphatic hydroxyl groups is 1. The molecule has 182 valence electrons. The van der Waals surface area contributed by atoms with Gasteiger partial charge in [-0.1, -0.05) is 17.4 Å². The molecular weight excluding hydrogens is 476 g/mol. The number of rotatable bonds is 8. The van der Waals surface area contributed by atoms with E-state index in [2.05, 4.69) is 4.98 Å². The number of esters is 1. The summed E-state index contributed by atoms with van der Waals surface area (Å²) in [6.07, 6.45) is 1.32. The van der Waals surface area contributed by atoms with Crippen molar-refractivity contribution in [1.82, 2.24) is 4.98 Å². The molecule has 1 aliphatic heterocycles. The number of Topliss-reactive ketones (excluding diaryl/α,β-unsaturated/α-hetero) is 1. The zero-order valence-corrected chi connectivity index (χ0v) is 20.2. The summed E-state index contributed by atoms with van der Waals surface area (Å²) in [4.78, 5) is 44.8. The van der Waals surface area contributed by atoms with Gasteiger partial charge in [-0.2, -0.15) is 0 Å². The fourth-order valence-electron chi connectivity index (χ4n) is 3.78. The van der Waals surface area contributed by atoms with Gasteiger partial charge in [0.25, 0.3) is 5.91 Å². The summed E-state index contributed by atoms with van der Waals surface area (Å²) in [5, 5.41) is 11.0. The van der Waals surface area contributed by atoms with Crippen LogP contribution in [-0.2, 0) is 9.53 Å². The minimum atomic E-state index is -1.08. The Morgan fingerprint density at radius 2 is 1.94 bits per heavy atom. The quantitative estimate of drug-likeness (QED) is 0.362. The average molecular weight is 499 g/mol. The smallest absolute Gasteiger partial charge is 0.350 e. The summed E-state index contributed by atoms with van der Waals surface area (Å²) in [5.74, 6) is -2.08. The van der Waals surface area contributed by atoms with E-state index in [1.165, 1.54) is 37.5 Å². The van der Waals surface area contributed by atoms with E-state index in [1.807, 2.05) is 0 Å². The molecule has 1 unspecified atom stereocenters. The van der Waals surface area contributed by atoms with Crippen molar-refractivity contribution in [2.75, 3.05) is 25.7 Å². The Morgan fingerprint density at radius 3 is 2.57 bits per heavy atom. The van der Waals surface area contributed by atoms with Gasteiger partial charge in [-0.15, -0.1) is 0 Å². The van der Waals surface area contributed by atoms with E-state index in [4.69, 9.17) is 18.6 Å². The number of hydrogen-bond acceptors (Lipinski definition) is 10. The fraction of sp³-hybridized carbons (Fsp3) is 0.250. The van der Waals surface area contributed by atoms with Crippen molar-refractivity contribution >= 4 is 34.1 Å². The van der Waals surface area contributed by atoms with Gasteiger partial charge in [-0.25, -0.2) is 9.78 Å². The Balaban J connectivity index is 1.88. The molecule has 2 aromatic heterocycles. The normalized spacial score (nSPS) is 15.5. The molecule has 0 bridgehead atoms. The Kier molecular flexibility index (Phi) is 6.61. The van der Waals surface area contributed by atoms with E-state index in [1.54, 1.807) is 32.0 Å². The maximum Gasteiger partial charge on any atom is 0.350 e. The number of aliphatic hydroxyl groups excluding tert-OH is 1. The molecule has 0 spiro atoms. The van der Waals surface area contributed by atoms with E-state index in [0.717, 1.165) is 11.3 Å². The monoisotopic (exact) mass is 498 g/mol. The number of nitrogens with zero attached hydrogens (tertiary/aromatic N) is 2. The van der Waals surface area contributed by atoms with Gasteiger partial charge < -0.3 is 23.7 Å². The molecule has 4 rings (SSSR count). The predicted molar refractivity (Wildman–Crippen MR) is 125 cm³/mol. The van der Waals surface area contributed by atoms with Crippen molar-refractivity contribution in [2.24, 2.45) is 0 Å². The number of anilines is 1. The minimum Gasteiger partial charge on any atom is -0.503 e. The molecular formula is C24H22N2O8S. The number of aryl methyl sites for hydroxylation is 1. The second-order valence-electron chi connectivity index (χ2n) is 7.39. The number of ether oxygens (including phenoxy) is 3. The second-order valence-corrected chi connectivity index (χ2v) is 8.37. The Labute approximate surface area is 204 Å². The minimum absolute atomic E-state index is 0.0470. The lowest BCUT2D eigenvalue weighted by atomic mass is 9.95. The number of aromatic nitrogens is 1. The van der Waals surface area contributed by atoms with Crippen molar-refractivity contribution < 1.29 is 38.1 Å². The Hall–Kier alpha value is -4.12. The summed E-state index contributed by atoms with van der Waals surface area (Å²) < 4.78 is 21.0. The molecule has 1 aliphatic rings. The van der Waals surface area contributed by atoms with Crippen LogP contribution >= 0.6 is 11.3 Å². The molecule has 0 saturated heterocycles. The highest BCUT2D eigenvalue weighted by molar-refractivity contribution is 7.17. The zero-order chi connectivity index (χ0) is 25.3. The van der Waals surface area contributed by atoms with Gasteiger partial charge in [-0.05, 0) is 43.7 Å². The second kappa shape index (κ2) is 9.63. The molecule has 3 aromatic rings. The van der Waals surface area contributed by atoms with Crippen molar-refractivity contribution in [3.8, 4) is 11.5 Å². The lowest BCUT2D eigenvalue weighted by Gasteiger charge is -2.25. The van der Waals surface area contributed by atoms with Crippen LogP contribution in [0, 0.1) is 6.92 Å². The molecule has 0 radical (unpaired) electrons. The van der Waals surface area contributed by atoms with Gasteiger partial charge in [0.2, 0.25) is 5.78 Å². The molecule has 0 fully saturated rings. The van der Waals surface area contributed by atoms with Crippen LogP contribution in [0.25, 0.3) is 0 Å². The molecule has 0 saturated carbocycles. The topological polar surface area (TPSA) is 128 Å². The zero-order valence-electron chi connectivity index (χ0n) is 19.4. The van der Waals surface area contributed by atoms with Gasteiger partial charge in [0.15, 0.2) is 28.1 Å². The first-order chi connectivity index (χ1) is 16.8. The predicted octanol–water partition coefficient (Wildman–Crippen LogP) is 4.02. The maximum atomic E-state index is 13.3. The van der Waals surface area contributed by atoms with E-state index in [-0.39, 0.29) is 27.9 Å². The van der Waals surface area contributed by atoms with Gasteiger partial charge >= 0.3 is 5.97 Å². The Morgan fingerprint density at radius 1 is 1.20 bits per heavy atom. The van der Waals surface area contributed by atoms with Crippen LogP contribution in [0.4, 0.5) is 5.13 Å². The van der Waals surface area contributed by atoms with Crippen molar-refractivity contribution in [3.63, 3.8) is 0 Å². The lowest BCUT2D eigenvalue weighted by molar-refractivity contribution is -0.117. The molecule has 1 amide bonds. The van der Waals surface area contributed by atoms with Crippen LogP contribution in [0.3, 0.4) is 0 Å². The molecule has 3 heterocycles. The van der Waals surface area contributed by atoms with Gasteiger partial charge in [-0.3, -0.25) is 14.5 Å². The highest BCUT2D eigenvalue weighted by Gasteiger charge is 2.47. The number of benzene rings is 1. The molecule has 0 aliphatic carbocycles. The Bertz CT molecular complexity index is 1330. The first-order valence-electron chi connectivity index (χ1n) is 10.5. The standard InChI is InChI=1S/C24H22N2O8S/c1-5-33-23(30)21-12(2)25-24(35-21)26-18(13-8-9-14(31-3)16(11-13)32-4)17(20(28)22(26)29)19(27)15-7-6-10-34-15/h6-11,18,28H,5H2,1-4H3. The number of amides is 1. The first-order valence-corrected chi connectivity index (χ1v) is 11.3. The van der Waals surface area contributed by atoms with E-state index in [0.29, 0.717) is 22.8 Å². The summed E-state index contributed by atoms with van der Waals surface area (Å²) in [6, 6.07) is 6.75. The van der Waals surface area contributed by atoms with Crippen molar-refractivity contribution in [1.29, 1.82) is 0 Å². The summed E-state index contributed by atoms with van der Waals surface area (Å²) >= 11 is 0.929. The molecule has 1 N–H and O–H groups in total. The molecule has 10 nitrogen and oxygen atoms in total. The van der Waals surface area contributed by atoms with Crippen LogP contribution in [0.1, 0.15) is 44.4 Å². The van der Waals surface area contributed by atoms with Crippen LogP contribution in [0.2, 0.25) is 0 Å². The van der Waals surface area contributed by atoms with Crippen LogP contribution in [-0.4, -0.2) is 48.6 Å². The van der Waals surface area contributed by atoms with Crippen LogP contribution in [0.5, 0.6) is 11.5 Å². The summed E-state index contributed by atoms with van der Waals surface area (Å²) in [6.45, 7) is 3.47. The lowest BCUT2D eigenvalue weighted by Crippen LogP contribution is -2.31. The number of hydrogen-bond donors (Lipinski definition) is 1. The van der Waals surface area contributed by atoms with Crippen molar-refractivity contribution in [2.45, 2.75) is 19.9 Å². The number of carbonyl (C=O) groups excluding carboxylic acids is 3. The third kappa shape index (κ3) is 4.14. The number of carbonyl (C=O) groups is 3. The number of ketones is 1. The molecule has 11 heteroatoms.